The van der Waals surface area contributed by atoms with Crippen LogP contribution in [0.4, 0.5) is 0 Å². The third kappa shape index (κ3) is 4.78. The highest BCUT2D eigenvalue weighted by atomic mass is 79.9. The number of halogens is 1. The molecule has 0 saturated carbocycles. The molecule has 17 heavy (non-hydrogen) atoms. The number of likely N-dealkylation sites (N-methyl/N-ethyl adjacent to an activating group) is 1. The molecule has 0 saturated heterocycles. The molecule has 0 aliphatic rings. The van der Waals surface area contributed by atoms with E-state index < -0.39 is 0 Å². The summed E-state index contributed by atoms with van der Waals surface area (Å²) in [6.45, 7) is 8.86. The van der Waals surface area contributed by atoms with Gasteiger partial charge in [0.05, 0.1) is 12.6 Å². The lowest BCUT2D eigenvalue weighted by atomic mass is 10.1. The van der Waals surface area contributed by atoms with E-state index >= 15 is 0 Å². The highest BCUT2D eigenvalue weighted by Crippen LogP contribution is 2.25. The molecule has 0 fully saturated rings. The lowest BCUT2D eigenvalue weighted by Crippen LogP contribution is -2.26. The molecule has 3 heteroatoms. The van der Waals surface area contributed by atoms with Crippen LogP contribution in [0.25, 0.3) is 0 Å². The molecule has 2 nitrogen and oxygen atoms in total. The Morgan fingerprint density at radius 2 is 2.12 bits per heavy atom. The summed E-state index contributed by atoms with van der Waals surface area (Å²) in [6, 6.07) is 6.70. The van der Waals surface area contributed by atoms with Gasteiger partial charge < -0.3 is 10.1 Å². The average Bonchev–Trinajstić information content (AvgIpc) is 2.32. The molecule has 0 spiro atoms. The molecule has 1 rings (SSSR count). The topological polar surface area (TPSA) is 21.3 Å². The van der Waals surface area contributed by atoms with Gasteiger partial charge in [-0.1, -0.05) is 47.5 Å². The largest absolute Gasteiger partial charge is 0.379 e. The van der Waals surface area contributed by atoms with Crippen LogP contribution >= 0.6 is 15.9 Å². The summed E-state index contributed by atoms with van der Waals surface area (Å²) in [5.74, 6) is 0. The molecule has 96 valence electrons. The maximum Gasteiger partial charge on any atom is 0.0661 e. The Morgan fingerprint density at radius 3 is 2.76 bits per heavy atom. The van der Waals surface area contributed by atoms with Crippen molar-refractivity contribution in [2.24, 2.45) is 0 Å². The summed E-state index contributed by atoms with van der Waals surface area (Å²) in [5.41, 5.74) is 2.56. The molecule has 0 amide bonds. The first-order valence-corrected chi connectivity index (χ1v) is 7.05. The van der Waals surface area contributed by atoms with Crippen LogP contribution in [-0.4, -0.2) is 19.8 Å². The second kappa shape index (κ2) is 7.85. The van der Waals surface area contributed by atoms with Crippen molar-refractivity contribution in [2.75, 3.05) is 19.8 Å². The second-order valence-corrected chi connectivity index (χ2v) is 5.06. The second-order valence-electron chi connectivity index (χ2n) is 4.21. The Hall–Kier alpha value is -0.380. The van der Waals surface area contributed by atoms with Crippen molar-refractivity contribution in [3.63, 3.8) is 0 Å². The van der Waals surface area contributed by atoms with Crippen molar-refractivity contribution in [1.29, 1.82) is 0 Å². The fraction of sp³-hybridized carbons (Fsp3) is 0.571. The number of hydrogen-bond donors (Lipinski definition) is 1. The molecule has 0 bridgehead atoms. The van der Waals surface area contributed by atoms with Crippen LogP contribution in [0.2, 0.25) is 0 Å². The third-order valence-electron chi connectivity index (χ3n) is 2.61. The van der Waals surface area contributed by atoms with Gasteiger partial charge >= 0.3 is 0 Å². The Morgan fingerprint density at radius 1 is 1.35 bits per heavy atom. The minimum Gasteiger partial charge on any atom is -0.379 e. The zero-order valence-electron chi connectivity index (χ0n) is 10.9. The quantitative estimate of drug-likeness (QED) is 0.773. The van der Waals surface area contributed by atoms with E-state index in [9.17, 15) is 0 Å². The first-order chi connectivity index (χ1) is 8.19. The summed E-state index contributed by atoms with van der Waals surface area (Å²) in [5, 5.41) is 3.47. The molecular weight excluding hydrogens is 278 g/mol. The van der Waals surface area contributed by atoms with Crippen molar-refractivity contribution in [1.82, 2.24) is 5.32 Å². The monoisotopic (exact) mass is 299 g/mol. The fourth-order valence-corrected chi connectivity index (χ4v) is 2.30. The Bertz CT molecular complexity index is 341. The number of hydrogen-bond acceptors (Lipinski definition) is 2. The lowest BCUT2D eigenvalue weighted by Gasteiger charge is -2.20. The van der Waals surface area contributed by atoms with Crippen LogP contribution < -0.4 is 5.32 Å². The van der Waals surface area contributed by atoms with Gasteiger partial charge in [0.2, 0.25) is 0 Å². The van der Waals surface area contributed by atoms with Crippen molar-refractivity contribution >= 4 is 15.9 Å². The molecule has 1 aromatic rings. The summed E-state index contributed by atoms with van der Waals surface area (Å²) in [6.07, 6.45) is 1.06. The third-order valence-corrected chi connectivity index (χ3v) is 3.33. The Kier molecular flexibility index (Phi) is 6.78. The Labute approximate surface area is 113 Å². The average molecular weight is 300 g/mol. The minimum atomic E-state index is 0.265. The highest BCUT2D eigenvalue weighted by molar-refractivity contribution is 9.10. The van der Waals surface area contributed by atoms with E-state index in [-0.39, 0.29) is 6.04 Å². The van der Waals surface area contributed by atoms with Gasteiger partial charge in [0.15, 0.2) is 0 Å². The number of aryl methyl sites for hydroxylation is 1. The maximum atomic E-state index is 5.66. The predicted octanol–water partition coefficient (Wildman–Crippen LogP) is 3.83. The SMILES string of the molecule is CCCOCC(NCC)c1cc(C)ccc1Br. The van der Waals surface area contributed by atoms with Gasteiger partial charge in [-0.15, -0.1) is 0 Å². The van der Waals surface area contributed by atoms with Gasteiger partial charge in [0, 0.05) is 11.1 Å². The van der Waals surface area contributed by atoms with Gasteiger partial charge in [0.1, 0.15) is 0 Å². The van der Waals surface area contributed by atoms with Gasteiger partial charge in [0.25, 0.3) is 0 Å². The Balaban J connectivity index is 2.77. The summed E-state index contributed by atoms with van der Waals surface area (Å²) in [4.78, 5) is 0. The normalized spacial score (nSPS) is 12.7. The maximum absolute atomic E-state index is 5.66. The van der Waals surface area contributed by atoms with Crippen LogP contribution in [0.5, 0.6) is 0 Å². The van der Waals surface area contributed by atoms with E-state index in [1.54, 1.807) is 0 Å². The van der Waals surface area contributed by atoms with Crippen LogP contribution in [0.1, 0.15) is 37.4 Å². The molecule has 1 atom stereocenters. The molecule has 1 N–H and O–H groups in total. The zero-order valence-corrected chi connectivity index (χ0v) is 12.5. The summed E-state index contributed by atoms with van der Waals surface area (Å²) >= 11 is 3.61. The van der Waals surface area contributed by atoms with Crippen LogP contribution in [0, 0.1) is 6.92 Å². The van der Waals surface area contributed by atoms with Crippen molar-refractivity contribution in [2.45, 2.75) is 33.2 Å². The minimum absolute atomic E-state index is 0.265. The van der Waals surface area contributed by atoms with Gasteiger partial charge in [-0.25, -0.2) is 0 Å². The first-order valence-electron chi connectivity index (χ1n) is 6.26. The smallest absolute Gasteiger partial charge is 0.0661 e. The zero-order chi connectivity index (χ0) is 12.7. The number of nitrogens with one attached hydrogen (secondary N) is 1. The van der Waals surface area contributed by atoms with Crippen molar-refractivity contribution in [3.05, 3.63) is 33.8 Å². The fourth-order valence-electron chi connectivity index (χ4n) is 1.78. The van der Waals surface area contributed by atoms with E-state index in [1.165, 1.54) is 11.1 Å². The predicted molar refractivity (Wildman–Crippen MR) is 76.4 cm³/mol. The molecule has 1 unspecified atom stereocenters. The molecule has 0 heterocycles. The number of ether oxygens (including phenoxy) is 1. The number of benzene rings is 1. The highest BCUT2D eigenvalue weighted by Gasteiger charge is 2.13. The van der Waals surface area contributed by atoms with Gasteiger partial charge in [-0.3, -0.25) is 0 Å². The van der Waals surface area contributed by atoms with E-state index in [2.05, 4.69) is 60.2 Å². The summed E-state index contributed by atoms with van der Waals surface area (Å²) in [7, 11) is 0. The van der Waals surface area contributed by atoms with Gasteiger partial charge in [-0.05, 0) is 31.5 Å². The first kappa shape index (κ1) is 14.7. The van der Waals surface area contributed by atoms with E-state index in [4.69, 9.17) is 4.74 Å². The molecule has 1 aromatic carbocycles. The molecule has 0 radical (unpaired) electrons. The van der Waals surface area contributed by atoms with Crippen molar-refractivity contribution < 1.29 is 4.74 Å². The van der Waals surface area contributed by atoms with E-state index in [1.807, 2.05) is 0 Å². The lowest BCUT2D eigenvalue weighted by molar-refractivity contribution is 0.112. The molecule has 0 aliphatic carbocycles. The standard InChI is InChI=1S/C14H22BrNO/c1-4-8-17-10-14(16-5-2)12-9-11(3)6-7-13(12)15/h6-7,9,14,16H,4-5,8,10H2,1-3H3. The number of rotatable bonds is 7. The van der Waals surface area contributed by atoms with Gasteiger partial charge in [-0.2, -0.15) is 0 Å². The van der Waals surface area contributed by atoms with E-state index in [0.29, 0.717) is 0 Å². The molecule has 0 aromatic heterocycles. The van der Waals surface area contributed by atoms with E-state index in [0.717, 1.165) is 30.7 Å². The van der Waals surface area contributed by atoms with Crippen molar-refractivity contribution in [3.8, 4) is 0 Å². The van der Waals surface area contributed by atoms with Crippen LogP contribution in [0.15, 0.2) is 22.7 Å². The molecular formula is C14H22BrNO. The van der Waals surface area contributed by atoms with Crippen LogP contribution in [-0.2, 0) is 4.74 Å². The van der Waals surface area contributed by atoms with Crippen LogP contribution in [0.3, 0.4) is 0 Å². The summed E-state index contributed by atoms with van der Waals surface area (Å²) < 4.78 is 6.81. The molecule has 0 aliphatic heterocycles.